The van der Waals surface area contributed by atoms with Gasteiger partial charge in [0.1, 0.15) is 0 Å². The summed E-state index contributed by atoms with van der Waals surface area (Å²) in [6.07, 6.45) is 4.64. The molecule has 1 saturated heterocycles. The average molecular weight is 235 g/mol. The highest BCUT2D eigenvalue weighted by Gasteiger charge is 2.08. The lowest BCUT2D eigenvalue weighted by Crippen LogP contribution is -2.44. The van der Waals surface area contributed by atoms with Crippen molar-refractivity contribution in [3.63, 3.8) is 0 Å². The van der Waals surface area contributed by atoms with Crippen LogP contribution in [0.25, 0.3) is 0 Å². The largest absolute Gasteiger partial charge is 0.380 e. The molecule has 0 saturated carbocycles. The van der Waals surface area contributed by atoms with Gasteiger partial charge in [-0.1, -0.05) is 0 Å². The summed E-state index contributed by atoms with van der Waals surface area (Å²) in [5, 5.41) is 3.35. The van der Waals surface area contributed by atoms with E-state index in [1.807, 2.05) is 24.5 Å². The van der Waals surface area contributed by atoms with E-state index in [1.54, 1.807) is 0 Å². The highest BCUT2D eigenvalue weighted by molar-refractivity contribution is 5.09. The molecule has 1 N–H and O–H groups in total. The summed E-state index contributed by atoms with van der Waals surface area (Å²) >= 11 is 0. The third-order valence-electron chi connectivity index (χ3n) is 3.05. The van der Waals surface area contributed by atoms with Crippen LogP contribution in [0.4, 0.5) is 0 Å². The third-order valence-corrected chi connectivity index (χ3v) is 3.05. The van der Waals surface area contributed by atoms with Gasteiger partial charge >= 0.3 is 0 Å². The Morgan fingerprint density at radius 3 is 2.71 bits per heavy atom. The molecule has 94 valence electrons. The number of nitrogens with zero attached hydrogens (tertiary/aromatic N) is 2. The highest BCUT2D eigenvalue weighted by Crippen LogP contribution is 1.98. The molecule has 2 rings (SSSR count). The van der Waals surface area contributed by atoms with Crippen LogP contribution in [-0.2, 0) is 11.2 Å². The number of hydrogen-bond donors (Lipinski definition) is 1. The Hall–Kier alpha value is -0.970. The predicted octanol–water partition coefficient (Wildman–Crippen LogP) is 0.546. The molecule has 17 heavy (non-hydrogen) atoms. The molecule has 2 heterocycles. The minimum Gasteiger partial charge on any atom is -0.380 e. The van der Waals surface area contributed by atoms with Gasteiger partial charge in [-0.05, 0) is 24.1 Å². The van der Waals surface area contributed by atoms with Gasteiger partial charge in [-0.15, -0.1) is 0 Å². The van der Waals surface area contributed by atoms with Crippen molar-refractivity contribution in [2.45, 2.75) is 6.42 Å². The van der Waals surface area contributed by atoms with Gasteiger partial charge in [0.25, 0.3) is 0 Å². The van der Waals surface area contributed by atoms with E-state index >= 15 is 0 Å². The number of nitrogens with one attached hydrogen (secondary N) is 1. The topological polar surface area (TPSA) is 37.4 Å². The molecule has 0 unspecified atom stereocenters. The van der Waals surface area contributed by atoms with Gasteiger partial charge in [0, 0.05) is 45.1 Å². The minimum absolute atomic E-state index is 0.802. The molecule has 0 bridgehead atoms. The zero-order valence-electron chi connectivity index (χ0n) is 10.3. The molecule has 0 radical (unpaired) electrons. The van der Waals surface area contributed by atoms with Crippen molar-refractivity contribution in [3.8, 4) is 0 Å². The first-order chi connectivity index (χ1) is 8.45. The van der Waals surface area contributed by atoms with Crippen molar-refractivity contribution >= 4 is 0 Å². The summed E-state index contributed by atoms with van der Waals surface area (Å²) < 4.78 is 5.66. The second-order valence-corrected chi connectivity index (χ2v) is 4.31. The number of pyridine rings is 1. The zero-order valence-corrected chi connectivity index (χ0v) is 10.3. The van der Waals surface area contributed by atoms with Crippen molar-refractivity contribution < 1.29 is 4.74 Å². The fourth-order valence-electron chi connectivity index (χ4n) is 1.97. The van der Waals surface area contributed by atoms with Gasteiger partial charge in [-0.3, -0.25) is 9.88 Å². The van der Waals surface area contributed by atoms with E-state index in [0.717, 1.165) is 52.4 Å². The van der Waals surface area contributed by atoms with Crippen LogP contribution in [-0.4, -0.2) is 55.8 Å². The smallest absolute Gasteiger partial charge is 0.0593 e. The van der Waals surface area contributed by atoms with E-state index < -0.39 is 0 Å². The van der Waals surface area contributed by atoms with Crippen LogP contribution in [0, 0.1) is 0 Å². The molecule has 0 atom stereocenters. The maximum absolute atomic E-state index is 5.66. The number of piperazine rings is 1. The van der Waals surface area contributed by atoms with Gasteiger partial charge in [0.05, 0.1) is 13.2 Å². The Labute approximate surface area is 103 Å². The molecule has 1 aliphatic rings. The van der Waals surface area contributed by atoms with Gasteiger partial charge < -0.3 is 10.1 Å². The second kappa shape index (κ2) is 7.37. The Kier molecular flexibility index (Phi) is 5.42. The Morgan fingerprint density at radius 2 is 1.94 bits per heavy atom. The zero-order chi connectivity index (χ0) is 11.8. The molecule has 1 aliphatic heterocycles. The Bertz CT molecular complexity index is 299. The van der Waals surface area contributed by atoms with Gasteiger partial charge in [0.2, 0.25) is 0 Å². The van der Waals surface area contributed by atoms with Crippen LogP contribution in [0.15, 0.2) is 24.5 Å². The quantitative estimate of drug-likeness (QED) is 0.731. The third kappa shape index (κ3) is 4.81. The lowest BCUT2D eigenvalue weighted by Gasteiger charge is -2.26. The van der Waals surface area contributed by atoms with Gasteiger partial charge in [-0.25, -0.2) is 0 Å². The maximum Gasteiger partial charge on any atom is 0.0593 e. The molecule has 4 nitrogen and oxygen atoms in total. The molecule has 0 aliphatic carbocycles. The summed E-state index contributed by atoms with van der Waals surface area (Å²) in [4.78, 5) is 6.44. The summed E-state index contributed by atoms with van der Waals surface area (Å²) in [5.41, 5.74) is 1.29. The van der Waals surface area contributed by atoms with Crippen molar-refractivity contribution in [2.75, 3.05) is 45.9 Å². The molecule has 0 amide bonds. The van der Waals surface area contributed by atoms with Crippen molar-refractivity contribution in [1.82, 2.24) is 15.2 Å². The van der Waals surface area contributed by atoms with Crippen LogP contribution in [0.1, 0.15) is 5.56 Å². The summed E-state index contributed by atoms with van der Waals surface area (Å²) in [7, 11) is 0. The van der Waals surface area contributed by atoms with E-state index in [-0.39, 0.29) is 0 Å². The molecule has 0 spiro atoms. The molecule has 1 fully saturated rings. The SMILES string of the molecule is c1cc(CCOCCN2CCNCC2)ccn1. The van der Waals surface area contributed by atoms with Crippen LogP contribution >= 0.6 is 0 Å². The van der Waals surface area contributed by atoms with Crippen molar-refractivity contribution in [1.29, 1.82) is 0 Å². The van der Waals surface area contributed by atoms with E-state index in [0.29, 0.717) is 0 Å². The summed E-state index contributed by atoms with van der Waals surface area (Å²) in [5.74, 6) is 0. The summed E-state index contributed by atoms with van der Waals surface area (Å²) in [6, 6.07) is 4.08. The van der Waals surface area contributed by atoms with Crippen LogP contribution in [0.5, 0.6) is 0 Å². The lowest BCUT2D eigenvalue weighted by molar-refractivity contribution is 0.101. The maximum atomic E-state index is 5.66. The number of hydrogen-bond acceptors (Lipinski definition) is 4. The molecule has 0 aromatic carbocycles. The predicted molar refractivity (Wildman–Crippen MR) is 68.1 cm³/mol. The molecular weight excluding hydrogens is 214 g/mol. The van der Waals surface area contributed by atoms with Gasteiger partial charge in [0.15, 0.2) is 0 Å². The molecule has 4 heteroatoms. The second-order valence-electron chi connectivity index (χ2n) is 4.31. The number of rotatable bonds is 6. The van der Waals surface area contributed by atoms with E-state index in [1.165, 1.54) is 5.56 Å². The van der Waals surface area contributed by atoms with Crippen LogP contribution in [0.3, 0.4) is 0 Å². The fraction of sp³-hybridized carbons (Fsp3) is 0.615. The van der Waals surface area contributed by atoms with Gasteiger partial charge in [-0.2, -0.15) is 0 Å². The average Bonchev–Trinajstić information content (AvgIpc) is 2.41. The normalized spacial score (nSPS) is 17.2. The first-order valence-corrected chi connectivity index (χ1v) is 6.35. The molecule has 1 aromatic heterocycles. The van der Waals surface area contributed by atoms with Crippen molar-refractivity contribution in [2.24, 2.45) is 0 Å². The number of ether oxygens (including phenoxy) is 1. The highest BCUT2D eigenvalue weighted by atomic mass is 16.5. The van der Waals surface area contributed by atoms with E-state index in [4.69, 9.17) is 4.74 Å². The van der Waals surface area contributed by atoms with Crippen LogP contribution < -0.4 is 5.32 Å². The van der Waals surface area contributed by atoms with Crippen molar-refractivity contribution in [3.05, 3.63) is 30.1 Å². The first-order valence-electron chi connectivity index (χ1n) is 6.35. The molecular formula is C13H21N3O. The number of aromatic nitrogens is 1. The first kappa shape index (κ1) is 12.5. The molecule has 1 aromatic rings. The lowest BCUT2D eigenvalue weighted by atomic mass is 10.2. The Balaban J connectivity index is 1.51. The Morgan fingerprint density at radius 1 is 1.18 bits per heavy atom. The van der Waals surface area contributed by atoms with Crippen LogP contribution in [0.2, 0.25) is 0 Å². The van der Waals surface area contributed by atoms with E-state index in [2.05, 4.69) is 15.2 Å². The standard InChI is InChI=1S/C13H21N3O/c1-4-14-5-2-13(1)3-11-17-12-10-16-8-6-15-7-9-16/h1-2,4-5,15H,3,6-12H2. The monoisotopic (exact) mass is 235 g/mol. The minimum atomic E-state index is 0.802. The summed E-state index contributed by atoms with van der Waals surface area (Å²) in [6.45, 7) is 7.20. The van der Waals surface area contributed by atoms with E-state index in [9.17, 15) is 0 Å². The fourth-order valence-corrected chi connectivity index (χ4v) is 1.97.